The molecule has 0 saturated heterocycles. The van der Waals surface area contributed by atoms with Crippen LogP contribution in [0, 0.1) is 18.8 Å². The Labute approximate surface area is 182 Å². The minimum absolute atomic E-state index is 0.00731. The molecule has 0 heterocycles. The van der Waals surface area contributed by atoms with Crippen LogP contribution in [-0.2, 0) is 10.0 Å². The molecule has 5 nitrogen and oxygen atoms in total. The van der Waals surface area contributed by atoms with E-state index in [1.807, 2.05) is 25.1 Å². The fourth-order valence-corrected chi connectivity index (χ4v) is 5.16. The molecule has 0 bridgehead atoms. The lowest BCUT2D eigenvalue weighted by Gasteiger charge is -2.31. The quantitative estimate of drug-likeness (QED) is 0.579. The predicted octanol–water partition coefficient (Wildman–Crippen LogP) is 4.17. The van der Waals surface area contributed by atoms with Crippen molar-refractivity contribution >= 4 is 15.7 Å². The Hall–Kier alpha value is -1.89. The fourth-order valence-electron chi connectivity index (χ4n) is 3.65. The Bertz CT molecular complexity index is 872. The standard InChI is InChI=1S/C24H36N2O3S/c1-19(2)15-25(16-20(3)4)17-23(27)18-26(22-11-9-10-21(5)14-22)30(28,29)24-12-7-6-8-13-24/h6-14,19-20,23,27H,15-18H2,1-5H3. The second-order valence-electron chi connectivity index (χ2n) is 8.85. The van der Waals surface area contributed by atoms with Crippen LogP contribution < -0.4 is 4.31 Å². The van der Waals surface area contributed by atoms with Gasteiger partial charge in [-0.3, -0.25) is 4.31 Å². The van der Waals surface area contributed by atoms with Gasteiger partial charge in [0, 0.05) is 19.6 Å². The van der Waals surface area contributed by atoms with Gasteiger partial charge in [0.1, 0.15) is 0 Å². The Morgan fingerprint density at radius 2 is 1.43 bits per heavy atom. The van der Waals surface area contributed by atoms with Gasteiger partial charge in [0.25, 0.3) is 10.0 Å². The number of nitrogens with zero attached hydrogens (tertiary/aromatic N) is 2. The molecule has 0 radical (unpaired) electrons. The summed E-state index contributed by atoms with van der Waals surface area (Å²) in [5, 5.41) is 10.9. The van der Waals surface area contributed by atoms with Crippen molar-refractivity contribution in [3.63, 3.8) is 0 Å². The topological polar surface area (TPSA) is 60.9 Å². The van der Waals surface area contributed by atoms with Crippen LogP contribution in [0.1, 0.15) is 33.3 Å². The van der Waals surface area contributed by atoms with Gasteiger partial charge in [-0.25, -0.2) is 8.42 Å². The maximum Gasteiger partial charge on any atom is 0.264 e. The van der Waals surface area contributed by atoms with E-state index in [1.165, 1.54) is 4.31 Å². The molecule has 166 valence electrons. The Morgan fingerprint density at radius 3 is 1.97 bits per heavy atom. The van der Waals surface area contributed by atoms with E-state index in [0.29, 0.717) is 24.1 Å². The van der Waals surface area contributed by atoms with Crippen LogP contribution in [0.15, 0.2) is 59.5 Å². The van der Waals surface area contributed by atoms with Crippen molar-refractivity contribution in [1.29, 1.82) is 0 Å². The highest BCUT2D eigenvalue weighted by Gasteiger charge is 2.28. The summed E-state index contributed by atoms with van der Waals surface area (Å²) in [6, 6.07) is 15.8. The van der Waals surface area contributed by atoms with E-state index in [0.717, 1.165) is 18.7 Å². The normalized spacial score (nSPS) is 13.2. The molecule has 2 rings (SSSR count). The number of aryl methyl sites for hydroxylation is 1. The van der Waals surface area contributed by atoms with Gasteiger partial charge in [-0.2, -0.15) is 0 Å². The second kappa shape index (κ2) is 10.9. The molecule has 0 aliphatic heterocycles. The van der Waals surface area contributed by atoms with Crippen LogP contribution in [0.4, 0.5) is 5.69 Å². The highest BCUT2D eigenvalue weighted by atomic mass is 32.2. The largest absolute Gasteiger partial charge is 0.390 e. The zero-order valence-electron chi connectivity index (χ0n) is 18.8. The molecule has 1 unspecified atom stereocenters. The van der Waals surface area contributed by atoms with Crippen molar-refractivity contribution in [1.82, 2.24) is 4.90 Å². The molecular formula is C24H36N2O3S. The molecule has 2 aromatic rings. The molecule has 2 aromatic carbocycles. The van der Waals surface area contributed by atoms with Gasteiger partial charge in [0.05, 0.1) is 23.2 Å². The van der Waals surface area contributed by atoms with Crippen LogP contribution in [0.5, 0.6) is 0 Å². The predicted molar refractivity (Wildman–Crippen MR) is 124 cm³/mol. The number of hydrogen-bond acceptors (Lipinski definition) is 4. The first-order valence-corrected chi connectivity index (χ1v) is 12.1. The van der Waals surface area contributed by atoms with Crippen molar-refractivity contribution in [2.75, 3.05) is 30.5 Å². The first kappa shape index (κ1) is 24.4. The Kier molecular flexibility index (Phi) is 8.89. The summed E-state index contributed by atoms with van der Waals surface area (Å²) in [5.74, 6) is 0.939. The smallest absolute Gasteiger partial charge is 0.264 e. The van der Waals surface area contributed by atoms with E-state index in [-0.39, 0.29) is 11.4 Å². The first-order chi connectivity index (χ1) is 14.1. The summed E-state index contributed by atoms with van der Waals surface area (Å²) in [5.41, 5.74) is 1.54. The molecule has 0 saturated carbocycles. The fraction of sp³-hybridized carbons (Fsp3) is 0.500. The van der Waals surface area contributed by atoms with Gasteiger partial charge in [-0.1, -0.05) is 58.0 Å². The third kappa shape index (κ3) is 7.11. The van der Waals surface area contributed by atoms with Crippen molar-refractivity contribution in [2.24, 2.45) is 11.8 Å². The number of rotatable bonds is 11. The van der Waals surface area contributed by atoms with E-state index in [2.05, 4.69) is 32.6 Å². The summed E-state index contributed by atoms with van der Waals surface area (Å²) < 4.78 is 28.2. The van der Waals surface area contributed by atoms with Crippen LogP contribution in [0.25, 0.3) is 0 Å². The third-order valence-electron chi connectivity index (χ3n) is 4.71. The first-order valence-electron chi connectivity index (χ1n) is 10.6. The molecule has 30 heavy (non-hydrogen) atoms. The third-order valence-corrected chi connectivity index (χ3v) is 6.52. The molecule has 0 fully saturated rings. The molecule has 0 amide bonds. The summed E-state index contributed by atoms with van der Waals surface area (Å²) in [6.07, 6.45) is -0.804. The van der Waals surface area contributed by atoms with E-state index >= 15 is 0 Å². The number of anilines is 1. The van der Waals surface area contributed by atoms with Gasteiger partial charge in [0.2, 0.25) is 0 Å². The van der Waals surface area contributed by atoms with Gasteiger partial charge in [-0.05, 0) is 48.6 Å². The SMILES string of the molecule is Cc1cccc(N(CC(O)CN(CC(C)C)CC(C)C)S(=O)(=O)c2ccccc2)c1. The molecule has 1 N–H and O–H groups in total. The molecular weight excluding hydrogens is 396 g/mol. The summed E-state index contributed by atoms with van der Waals surface area (Å²) >= 11 is 0. The van der Waals surface area contributed by atoms with E-state index in [9.17, 15) is 13.5 Å². The lowest BCUT2D eigenvalue weighted by molar-refractivity contribution is 0.104. The monoisotopic (exact) mass is 432 g/mol. The highest BCUT2D eigenvalue weighted by molar-refractivity contribution is 7.92. The van der Waals surface area contributed by atoms with Crippen LogP contribution in [0.2, 0.25) is 0 Å². The summed E-state index contributed by atoms with van der Waals surface area (Å²) in [4.78, 5) is 2.45. The second-order valence-corrected chi connectivity index (χ2v) is 10.7. The number of aliphatic hydroxyl groups excluding tert-OH is 1. The van der Waals surface area contributed by atoms with Crippen molar-refractivity contribution in [3.05, 3.63) is 60.2 Å². The van der Waals surface area contributed by atoms with E-state index in [4.69, 9.17) is 0 Å². The molecule has 0 aromatic heterocycles. The average molecular weight is 433 g/mol. The van der Waals surface area contributed by atoms with Crippen molar-refractivity contribution in [2.45, 2.75) is 45.6 Å². The zero-order valence-corrected chi connectivity index (χ0v) is 19.6. The minimum atomic E-state index is -3.79. The number of aliphatic hydroxyl groups is 1. The number of benzene rings is 2. The van der Waals surface area contributed by atoms with Gasteiger partial charge in [0.15, 0.2) is 0 Å². The minimum Gasteiger partial charge on any atom is -0.390 e. The molecule has 6 heteroatoms. The van der Waals surface area contributed by atoms with Gasteiger partial charge in [-0.15, -0.1) is 0 Å². The molecule has 0 aliphatic carbocycles. The van der Waals surface area contributed by atoms with Gasteiger partial charge < -0.3 is 10.0 Å². The molecule has 0 aliphatic rings. The molecule has 0 spiro atoms. The molecule has 1 atom stereocenters. The number of hydrogen-bond donors (Lipinski definition) is 1. The Morgan fingerprint density at radius 1 is 0.833 bits per heavy atom. The van der Waals surface area contributed by atoms with Crippen LogP contribution in [0.3, 0.4) is 0 Å². The Balaban J connectivity index is 2.31. The lowest BCUT2D eigenvalue weighted by atomic mass is 10.1. The highest BCUT2D eigenvalue weighted by Crippen LogP contribution is 2.25. The number of sulfonamides is 1. The van der Waals surface area contributed by atoms with E-state index in [1.54, 1.807) is 36.4 Å². The average Bonchev–Trinajstić information content (AvgIpc) is 2.65. The zero-order chi connectivity index (χ0) is 22.3. The van der Waals surface area contributed by atoms with Crippen LogP contribution >= 0.6 is 0 Å². The van der Waals surface area contributed by atoms with Gasteiger partial charge >= 0.3 is 0 Å². The van der Waals surface area contributed by atoms with Crippen molar-refractivity contribution in [3.8, 4) is 0 Å². The van der Waals surface area contributed by atoms with Crippen molar-refractivity contribution < 1.29 is 13.5 Å². The maximum atomic E-state index is 13.4. The van der Waals surface area contributed by atoms with E-state index < -0.39 is 16.1 Å². The summed E-state index contributed by atoms with van der Waals surface area (Å²) in [6.45, 7) is 12.7. The maximum absolute atomic E-state index is 13.4. The lowest BCUT2D eigenvalue weighted by Crippen LogP contribution is -2.44. The van der Waals surface area contributed by atoms with Crippen LogP contribution in [-0.4, -0.2) is 50.7 Å². The summed E-state index contributed by atoms with van der Waals surface area (Å²) in [7, 11) is -3.79.